The fraction of sp³-hybridized carbons (Fsp3) is 0.240. The standard InChI is InChI=1S/C25H27ClN4O2/c1-29-12-14-30(15-13-29)23-17-20(9-11-24(23)32-2)27-25(31)28-22-10-8-19(16-21(22)26)18-6-4-3-5-7-18/h3-11,16-17H,12-15H2,1-2H3,(H2,27,28,31). The van der Waals surface area contributed by atoms with Crippen molar-refractivity contribution in [1.29, 1.82) is 0 Å². The molecular weight excluding hydrogens is 424 g/mol. The Labute approximate surface area is 193 Å². The van der Waals surface area contributed by atoms with E-state index in [1.165, 1.54) is 0 Å². The molecule has 166 valence electrons. The number of urea groups is 1. The molecule has 1 aliphatic heterocycles. The van der Waals surface area contributed by atoms with Crippen molar-refractivity contribution in [3.8, 4) is 16.9 Å². The summed E-state index contributed by atoms with van der Waals surface area (Å²) in [4.78, 5) is 17.2. The number of methoxy groups -OCH3 is 1. The molecule has 0 unspecified atom stereocenters. The summed E-state index contributed by atoms with van der Waals surface area (Å²) in [5.41, 5.74) is 4.28. The van der Waals surface area contributed by atoms with Gasteiger partial charge >= 0.3 is 6.03 Å². The second-order valence-electron chi connectivity index (χ2n) is 7.82. The Kier molecular flexibility index (Phi) is 6.83. The van der Waals surface area contributed by atoms with Crippen LogP contribution in [0.1, 0.15) is 0 Å². The van der Waals surface area contributed by atoms with Gasteiger partial charge in [0, 0.05) is 31.9 Å². The van der Waals surface area contributed by atoms with Crippen molar-refractivity contribution in [1.82, 2.24) is 4.90 Å². The molecule has 4 rings (SSSR count). The quantitative estimate of drug-likeness (QED) is 0.545. The van der Waals surface area contributed by atoms with E-state index in [-0.39, 0.29) is 6.03 Å². The molecule has 1 saturated heterocycles. The van der Waals surface area contributed by atoms with Crippen LogP contribution in [0, 0.1) is 0 Å². The summed E-state index contributed by atoms with van der Waals surface area (Å²) in [7, 11) is 3.78. The van der Waals surface area contributed by atoms with E-state index in [0.717, 1.165) is 48.7 Å². The highest BCUT2D eigenvalue weighted by molar-refractivity contribution is 6.34. The van der Waals surface area contributed by atoms with Gasteiger partial charge in [0.05, 0.1) is 23.5 Å². The number of carbonyl (C=O) groups is 1. The SMILES string of the molecule is COc1ccc(NC(=O)Nc2ccc(-c3ccccc3)cc2Cl)cc1N1CCN(C)CC1. The van der Waals surface area contributed by atoms with Gasteiger partial charge in [-0.1, -0.05) is 48.0 Å². The Hall–Kier alpha value is -3.22. The van der Waals surface area contributed by atoms with E-state index >= 15 is 0 Å². The predicted molar refractivity (Wildman–Crippen MR) is 132 cm³/mol. The van der Waals surface area contributed by atoms with Crippen molar-refractivity contribution in [3.05, 3.63) is 71.8 Å². The van der Waals surface area contributed by atoms with Crippen LogP contribution in [0.25, 0.3) is 11.1 Å². The van der Waals surface area contributed by atoms with Crippen molar-refractivity contribution in [2.75, 3.05) is 55.9 Å². The molecule has 2 amide bonds. The van der Waals surface area contributed by atoms with E-state index in [4.69, 9.17) is 16.3 Å². The number of amides is 2. The number of piperazine rings is 1. The van der Waals surface area contributed by atoms with Gasteiger partial charge in [-0.05, 0) is 48.5 Å². The van der Waals surface area contributed by atoms with Crippen molar-refractivity contribution in [2.45, 2.75) is 0 Å². The molecule has 0 spiro atoms. The Balaban J connectivity index is 1.45. The number of nitrogens with zero attached hydrogens (tertiary/aromatic N) is 2. The maximum atomic E-state index is 12.6. The molecule has 1 aliphatic rings. The molecule has 0 atom stereocenters. The van der Waals surface area contributed by atoms with Gasteiger partial charge in [0.1, 0.15) is 5.75 Å². The topological polar surface area (TPSA) is 56.8 Å². The van der Waals surface area contributed by atoms with Crippen molar-refractivity contribution in [3.63, 3.8) is 0 Å². The van der Waals surface area contributed by atoms with Gasteiger partial charge in [0.25, 0.3) is 0 Å². The summed E-state index contributed by atoms with van der Waals surface area (Å²) >= 11 is 6.43. The number of nitrogens with one attached hydrogen (secondary N) is 2. The molecule has 1 heterocycles. The Bertz CT molecular complexity index is 1080. The normalized spacial score (nSPS) is 14.2. The van der Waals surface area contributed by atoms with E-state index in [0.29, 0.717) is 16.4 Å². The lowest BCUT2D eigenvalue weighted by Crippen LogP contribution is -2.44. The minimum atomic E-state index is -0.353. The first-order valence-electron chi connectivity index (χ1n) is 10.6. The zero-order valence-electron chi connectivity index (χ0n) is 18.3. The average Bonchev–Trinajstić information content (AvgIpc) is 2.81. The Morgan fingerprint density at radius 2 is 1.66 bits per heavy atom. The highest BCUT2D eigenvalue weighted by Crippen LogP contribution is 2.33. The molecule has 0 bridgehead atoms. The van der Waals surface area contributed by atoms with Crippen LogP contribution in [-0.4, -0.2) is 51.3 Å². The highest BCUT2D eigenvalue weighted by Gasteiger charge is 2.18. The molecule has 0 aliphatic carbocycles. The molecule has 0 radical (unpaired) electrons. The Morgan fingerprint density at radius 3 is 2.34 bits per heavy atom. The third-order valence-electron chi connectivity index (χ3n) is 5.61. The van der Waals surface area contributed by atoms with Crippen LogP contribution < -0.4 is 20.3 Å². The zero-order chi connectivity index (χ0) is 22.5. The molecule has 3 aromatic rings. The van der Waals surface area contributed by atoms with E-state index < -0.39 is 0 Å². The van der Waals surface area contributed by atoms with Gasteiger partial charge in [0.2, 0.25) is 0 Å². The molecular formula is C25H27ClN4O2. The summed E-state index contributed by atoms with van der Waals surface area (Å²) in [6.45, 7) is 3.79. The number of hydrogen-bond donors (Lipinski definition) is 2. The summed E-state index contributed by atoms with van der Waals surface area (Å²) in [5, 5.41) is 6.22. The second-order valence-corrected chi connectivity index (χ2v) is 8.22. The van der Waals surface area contributed by atoms with Crippen LogP contribution in [0.2, 0.25) is 5.02 Å². The van der Waals surface area contributed by atoms with Gasteiger partial charge in [-0.3, -0.25) is 0 Å². The Morgan fingerprint density at radius 1 is 0.906 bits per heavy atom. The lowest BCUT2D eigenvalue weighted by Gasteiger charge is -2.34. The van der Waals surface area contributed by atoms with E-state index in [1.54, 1.807) is 7.11 Å². The van der Waals surface area contributed by atoms with Crippen LogP contribution in [0.5, 0.6) is 5.75 Å². The largest absolute Gasteiger partial charge is 0.495 e. The number of carbonyl (C=O) groups excluding carboxylic acids is 1. The van der Waals surface area contributed by atoms with Gasteiger partial charge in [0.15, 0.2) is 0 Å². The summed E-state index contributed by atoms with van der Waals surface area (Å²) < 4.78 is 5.54. The molecule has 3 aromatic carbocycles. The molecule has 0 aromatic heterocycles. The van der Waals surface area contributed by atoms with E-state index in [9.17, 15) is 4.79 Å². The summed E-state index contributed by atoms with van der Waals surface area (Å²) in [6, 6.07) is 20.9. The average molecular weight is 451 g/mol. The fourth-order valence-electron chi connectivity index (χ4n) is 3.77. The van der Waals surface area contributed by atoms with Gasteiger partial charge in [-0.15, -0.1) is 0 Å². The van der Waals surface area contributed by atoms with Crippen LogP contribution in [0.4, 0.5) is 21.9 Å². The first-order valence-corrected chi connectivity index (χ1v) is 11.0. The molecule has 7 heteroatoms. The number of likely N-dealkylation sites (N-methyl/N-ethyl adjacent to an activating group) is 1. The lowest BCUT2D eigenvalue weighted by atomic mass is 10.1. The maximum Gasteiger partial charge on any atom is 0.323 e. The third kappa shape index (κ3) is 5.15. The summed E-state index contributed by atoms with van der Waals surface area (Å²) in [5.74, 6) is 0.792. The lowest BCUT2D eigenvalue weighted by molar-refractivity contribution is 0.262. The van der Waals surface area contributed by atoms with Crippen LogP contribution in [0.15, 0.2) is 66.7 Å². The zero-order valence-corrected chi connectivity index (χ0v) is 19.0. The number of benzene rings is 3. The number of rotatable bonds is 5. The van der Waals surface area contributed by atoms with Crippen molar-refractivity contribution in [2.24, 2.45) is 0 Å². The fourth-order valence-corrected chi connectivity index (χ4v) is 4.00. The molecule has 6 nitrogen and oxygen atoms in total. The van der Waals surface area contributed by atoms with Crippen LogP contribution in [0.3, 0.4) is 0 Å². The molecule has 1 fully saturated rings. The molecule has 2 N–H and O–H groups in total. The van der Waals surface area contributed by atoms with Crippen molar-refractivity contribution >= 4 is 34.7 Å². The minimum absolute atomic E-state index is 0.353. The molecule has 0 saturated carbocycles. The van der Waals surface area contributed by atoms with Gasteiger partial charge in [-0.2, -0.15) is 0 Å². The van der Waals surface area contributed by atoms with Gasteiger partial charge in [-0.25, -0.2) is 4.79 Å². The van der Waals surface area contributed by atoms with Gasteiger partial charge < -0.3 is 25.2 Å². The first-order chi connectivity index (χ1) is 15.5. The van der Waals surface area contributed by atoms with Crippen LogP contribution >= 0.6 is 11.6 Å². The van der Waals surface area contributed by atoms with E-state index in [2.05, 4.69) is 27.5 Å². The number of hydrogen-bond acceptors (Lipinski definition) is 4. The monoisotopic (exact) mass is 450 g/mol. The first kappa shape index (κ1) is 22.0. The number of anilines is 3. The molecule has 32 heavy (non-hydrogen) atoms. The van der Waals surface area contributed by atoms with Crippen molar-refractivity contribution < 1.29 is 9.53 Å². The smallest absolute Gasteiger partial charge is 0.323 e. The number of ether oxygens (including phenoxy) is 1. The second kappa shape index (κ2) is 9.94. The third-order valence-corrected chi connectivity index (χ3v) is 5.92. The summed E-state index contributed by atoms with van der Waals surface area (Å²) in [6.07, 6.45) is 0. The number of halogens is 1. The minimum Gasteiger partial charge on any atom is -0.495 e. The predicted octanol–water partition coefficient (Wildman–Crippen LogP) is 5.41. The van der Waals surface area contributed by atoms with E-state index in [1.807, 2.05) is 66.7 Å². The highest BCUT2D eigenvalue weighted by atomic mass is 35.5. The maximum absolute atomic E-state index is 12.6. The van der Waals surface area contributed by atoms with Crippen LogP contribution in [-0.2, 0) is 0 Å².